The van der Waals surface area contributed by atoms with Crippen molar-refractivity contribution in [3.63, 3.8) is 0 Å². The molecule has 0 aromatic heterocycles. The van der Waals surface area contributed by atoms with Crippen LogP contribution in [-0.4, -0.2) is 38.3 Å². The first kappa shape index (κ1) is 19.2. The molecule has 27 heavy (non-hydrogen) atoms. The number of thioether (sulfide) groups is 1. The zero-order valence-electron chi connectivity index (χ0n) is 14.4. The summed E-state index contributed by atoms with van der Waals surface area (Å²) < 4.78 is 25.5. The Kier molecular flexibility index (Phi) is 5.71. The minimum Gasteiger partial charge on any atom is -0.369 e. The van der Waals surface area contributed by atoms with Gasteiger partial charge in [-0.15, -0.1) is 11.8 Å². The van der Waals surface area contributed by atoms with Crippen LogP contribution in [0.5, 0.6) is 0 Å². The lowest BCUT2D eigenvalue weighted by atomic mass is 10.1. The van der Waals surface area contributed by atoms with E-state index in [4.69, 9.17) is 5.73 Å². The summed E-state index contributed by atoms with van der Waals surface area (Å²) in [5.41, 5.74) is 6.58. The molecule has 0 unspecified atom stereocenters. The van der Waals surface area contributed by atoms with Crippen LogP contribution in [0.25, 0.3) is 0 Å². The maximum absolute atomic E-state index is 12.7. The smallest absolute Gasteiger partial charge is 0.255 e. The minimum absolute atomic E-state index is 0.106. The summed E-state index contributed by atoms with van der Waals surface area (Å²) >= 11 is 1.24. The molecule has 0 aliphatic carbocycles. The molecule has 3 N–H and O–H groups in total. The number of nitrogens with zero attached hydrogens (tertiary/aromatic N) is 1. The van der Waals surface area contributed by atoms with Crippen LogP contribution in [0.1, 0.15) is 16.8 Å². The fourth-order valence-electron chi connectivity index (χ4n) is 2.77. The standard InChI is InChI=1S/C18H19N3O4S2/c19-17(22)12-26-16-8-2-1-7-15(16)20-18(23)13-5-3-6-14(11-13)21-9-4-10-27(21,24)25/h1-3,5-8,11H,4,9-10,12H2,(H2,19,22)(H,20,23). The van der Waals surface area contributed by atoms with Gasteiger partial charge < -0.3 is 11.1 Å². The average molecular weight is 406 g/mol. The largest absolute Gasteiger partial charge is 0.369 e. The van der Waals surface area contributed by atoms with Crippen molar-refractivity contribution in [2.24, 2.45) is 5.73 Å². The first-order chi connectivity index (χ1) is 12.9. The minimum atomic E-state index is -3.31. The molecule has 0 radical (unpaired) electrons. The normalized spacial score (nSPS) is 15.5. The second kappa shape index (κ2) is 8.01. The number of benzene rings is 2. The molecule has 2 amide bonds. The van der Waals surface area contributed by atoms with Crippen molar-refractivity contribution in [2.45, 2.75) is 11.3 Å². The van der Waals surface area contributed by atoms with Gasteiger partial charge >= 0.3 is 0 Å². The molecular weight excluding hydrogens is 386 g/mol. The molecule has 0 atom stereocenters. The van der Waals surface area contributed by atoms with Crippen LogP contribution in [0.4, 0.5) is 11.4 Å². The van der Waals surface area contributed by atoms with Crippen molar-refractivity contribution in [1.82, 2.24) is 0 Å². The third-order valence-electron chi connectivity index (χ3n) is 4.00. The lowest BCUT2D eigenvalue weighted by Crippen LogP contribution is -2.25. The van der Waals surface area contributed by atoms with Crippen molar-refractivity contribution < 1.29 is 18.0 Å². The van der Waals surface area contributed by atoms with Gasteiger partial charge in [-0.1, -0.05) is 18.2 Å². The fraction of sp³-hybridized carbons (Fsp3) is 0.222. The highest BCUT2D eigenvalue weighted by molar-refractivity contribution is 8.00. The van der Waals surface area contributed by atoms with Crippen molar-refractivity contribution in [3.8, 4) is 0 Å². The monoisotopic (exact) mass is 405 g/mol. The second-order valence-corrected chi connectivity index (χ2v) is 9.03. The first-order valence-corrected chi connectivity index (χ1v) is 10.9. The summed E-state index contributed by atoms with van der Waals surface area (Å²) in [5, 5.41) is 2.81. The summed E-state index contributed by atoms with van der Waals surface area (Å²) in [6.07, 6.45) is 0.573. The molecule has 3 rings (SSSR count). The van der Waals surface area contributed by atoms with E-state index in [1.807, 2.05) is 0 Å². The molecule has 1 heterocycles. The molecular formula is C18H19N3O4S2. The van der Waals surface area contributed by atoms with Gasteiger partial charge in [0.15, 0.2) is 0 Å². The Labute approximate surface area is 162 Å². The zero-order valence-corrected chi connectivity index (χ0v) is 16.1. The van der Waals surface area contributed by atoms with E-state index >= 15 is 0 Å². The Morgan fingerprint density at radius 3 is 2.63 bits per heavy atom. The van der Waals surface area contributed by atoms with Gasteiger partial charge in [0.2, 0.25) is 15.9 Å². The molecule has 7 nitrogen and oxygen atoms in total. The van der Waals surface area contributed by atoms with Crippen LogP contribution >= 0.6 is 11.8 Å². The Bertz CT molecular complexity index is 976. The molecule has 1 aliphatic heterocycles. The number of para-hydroxylation sites is 1. The summed E-state index contributed by atoms with van der Waals surface area (Å²) in [6.45, 7) is 0.417. The number of nitrogens with one attached hydrogen (secondary N) is 1. The van der Waals surface area contributed by atoms with Gasteiger partial charge in [-0.3, -0.25) is 13.9 Å². The van der Waals surface area contributed by atoms with Gasteiger partial charge in [-0.25, -0.2) is 8.42 Å². The van der Waals surface area contributed by atoms with E-state index in [1.54, 1.807) is 48.5 Å². The first-order valence-electron chi connectivity index (χ1n) is 8.29. The number of hydrogen-bond acceptors (Lipinski definition) is 5. The predicted molar refractivity (Wildman–Crippen MR) is 107 cm³/mol. The van der Waals surface area contributed by atoms with Crippen LogP contribution in [-0.2, 0) is 14.8 Å². The average Bonchev–Trinajstić information content (AvgIpc) is 3.00. The van der Waals surface area contributed by atoms with Gasteiger partial charge in [0.05, 0.1) is 22.9 Å². The lowest BCUT2D eigenvalue weighted by molar-refractivity contribution is -0.115. The number of amides is 2. The molecule has 0 saturated carbocycles. The highest BCUT2D eigenvalue weighted by Crippen LogP contribution is 2.28. The molecule has 2 aromatic carbocycles. The molecule has 142 valence electrons. The number of hydrogen-bond donors (Lipinski definition) is 2. The fourth-order valence-corrected chi connectivity index (χ4v) is 5.07. The molecule has 9 heteroatoms. The Hall–Kier alpha value is -2.52. The van der Waals surface area contributed by atoms with Gasteiger partial charge in [-0.05, 0) is 36.8 Å². The van der Waals surface area contributed by atoms with E-state index in [-0.39, 0.29) is 17.4 Å². The number of rotatable bonds is 6. The number of carbonyl (C=O) groups excluding carboxylic acids is 2. The number of nitrogens with two attached hydrogens (primary N) is 1. The van der Waals surface area contributed by atoms with Crippen LogP contribution in [0.15, 0.2) is 53.4 Å². The van der Waals surface area contributed by atoms with Crippen molar-refractivity contribution in [2.75, 3.05) is 27.7 Å². The Balaban J connectivity index is 1.80. The van der Waals surface area contributed by atoms with Crippen LogP contribution in [0, 0.1) is 0 Å². The Morgan fingerprint density at radius 2 is 1.93 bits per heavy atom. The third kappa shape index (κ3) is 4.61. The van der Waals surface area contributed by atoms with Gasteiger partial charge in [0, 0.05) is 17.0 Å². The number of carbonyl (C=O) groups is 2. The van der Waals surface area contributed by atoms with Crippen molar-refractivity contribution in [1.29, 1.82) is 0 Å². The maximum Gasteiger partial charge on any atom is 0.255 e. The van der Waals surface area contributed by atoms with E-state index in [0.29, 0.717) is 29.9 Å². The summed E-state index contributed by atoms with van der Waals surface area (Å²) in [7, 11) is -3.31. The predicted octanol–water partition coefficient (Wildman–Crippen LogP) is 2.06. The highest BCUT2D eigenvalue weighted by Gasteiger charge is 2.28. The maximum atomic E-state index is 12.7. The molecule has 1 saturated heterocycles. The van der Waals surface area contributed by atoms with Gasteiger partial charge in [0.1, 0.15) is 0 Å². The highest BCUT2D eigenvalue weighted by atomic mass is 32.2. The summed E-state index contributed by atoms with van der Waals surface area (Å²) in [4.78, 5) is 24.4. The lowest BCUT2D eigenvalue weighted by Gasteiger charge is -2.17. The van der Waals surface area contributed by atoms with Crippen molar-refractivity contribution >= 4 is 45.0 Å². The Morgan fingerprint density at radius 1 is 1.15 bits per heavy atom. The molecule has 0 bridgehead atoms. The third-order valence-corrected chi connectivity index (χ3v) is 6.97. The van der Waals surface area contributed by atoms with Crippen LogP contribution in [0.3, 0.4) is 0 Å². The summed E-state index contributed by atoms with van der Waals surface area (Å²) in [6, 6.07) is 13.6. The van der Waals surface area contributed by atoms with E-state index in [1.165, 1.54) is 16.1 Å². The number of anilines is 2. The number of sulfonamides is 1. The van der Waals surface area contributed by atoms with E-state index < -0.39 is 15.9 Å². The molecule has 0 spiro atoms. The molecule has 1 aliphatic rings. The second-order valence-electron chi connectivity index (χ2n) is 6.00. The van der Waals surface area contributed by atoms with Crippen molar-refractivity contribution in [3.05, 3.63) is 54.1 Å². The zero-order chi connectivity index (χ0) is 19.4. The van der Waals surface area contributed by atoms with Gasteiger partial charge in [-0.2, -0.15) is 0 Å². The van der Waals surface area contributed by atoms with E-state index in [0.717, 1.165) is 4.90 Å². The van der Waals surface area contributed by atoms with E-state index in [9.17, 15) is 18.0 Å². The SMILES string of the molecule is NC(=O)CSc1ccccc1NC(=O)c1cccc(N2CCCS2(=O)=O)c1. The van der Waals surface area contributed by atoms with Crippen LogP contribution < -0.4 is 15.4 Å². The van der Waals surface area contributed by atoms with Crippen LogP contribution in [0.2, 0.25) is 0 Å². The molecule has 1 fully saturated rings. The quantitative estimate of drug-likeness (QED) is 0.715. The van der Waals surface area contributed by atoms with Gasteiger partial charge in [0.25, 0.3) is 5.91 Å². The van der Waals surface area contributed by atoms with E-state index in [2.05, 4.69) is 5.32 Å². The number of primary amides is 1. The molecule has 2 aromatic rings. The summed E-state index contributed by atoms with van der Waals surface area (Å²) in [5.74, 6) is -0.579. The topological polar surface area (TPSA) is 110 Å².